The number of ether oxygens (including phenoxy) is 1. The Morgan fingerprint density at radius 3 is 3.14 bits per heavy atom. The molecule has 1 atom stereocenters. The fraction of sp³-hybridized carbons (Fsp3) is 0.286. The molecule has 1 unspecified atom stereocenters. The summed E-state index contributed by atoms with van der Waals surface area (Å²) in [5.74, 6) is -0.140. The van der Waals surface area contributed by atoms with Crippen molar-refractivity contribution in [2.24, 2.45) is 0 Å². The maximum atomic E-state index is 12.3. The summed E-state index contributed by atoms with van der Waals surface area (Å²) in [7, 11) is 0. The Kier molecular flexibility index (Phi) is 4.19. The number of nitrogens with one attached hydrogen (secondary N) is 2. The Bertz CT molecular complexity index is 624. The zero-order chi connectivity index (χ0) is 14.7. The van der Waals surface area contributed by atoms with Crippen molar-refractivity contribution in [1.29, 1.82) is 0 Å². The highest BCUT2D eigenvalue weighted by atomic mass is 35.5. The van der Waals surface area contributed by atoms with Gasteiger partial charge in [0.05, 0.1) is 35.9 Å². The zero-order valence-electron chi connectivity index (χ0n) is 11.3. The molecule has 2 N–H and O–H groups in total. The fourth-order valence-electron chi connectivity index (χ4n) is 2.22. The minimum atomic E-state index is -0.353. The summed E-state index contributed by atoms with van der Waals surface area (Å²) in [6.07, 6.45) is 5.07. The topological polar surface area (TPSA) is 68.2 Å². The third-order valence-corrected chi connectivity index (χ3v) is 3.55. The molecule has 1 amide bonds. The van der Waals surface area contributed by atoms with Crippen LogP contribution in [0, 0.1) is 0 Å². The van der Waals surface area contributed by atoms with Crippen molar-refractivity contribution >= 4 is 23.2 Å². The molecule has 0 radical (unpaired) electrons. The highest BCUT2D eigenvalue weighted by molar-refractivity contribution is 6.33. The van der Waals surface area contributed by atoms with Gasteiger partial charge in [0.2, 0.25) is 5.91 Å². The van der Waals surface area contributed by atoms with E-state index in [2.05, 4.69) is 15.6 Å². The van der Waals surface area contributed by atoms with Crippen LogP contribution < -0.4 is 10.6 Å². The maximum absolute atomic E-state index is 12.3. The van der Waals surface area contributed by atoms with Crippen LogP contribution in [-0.4, -0.2) is 41.3 Å². The summed E-state index contributed by atoms with van der Waals surface area (Å²) in [6, 6.07) is 5.02. The van der Waals surface area contributed by atoms with Crippen LogP contribution in [0.2, 0.25) is 5.02 Å². The third kappa shape index (κ3) is 3.07. The number of morpholine rings is 1. The van der Waals surface area contributed by atoms with E-state index in [1.807, 2.05) is 6.07 Å². The van der Waals surface area contributed by atoms with E-state index in [-0.39, 0.29) is 11.9 Å². The molecular formula is C14H15ClN4O2. The summed E-state index contributed by atoms with van der Waals surface area (Å²) in [6.45, 7) is 1.66. The quantitative estimate of drug-likeness (QED) is 0.901. The van der Waals surface area contributed by atoms with Gasteiger partial charge in [0.15, 0.2) is 0 Å². The minimum absolute atomic E-state index is 0.140. The molecule has 2 aromatic rings. The normalized spacial score (nSPS) is 18.4. The highest BCUT2D eigenvalue weighted by Gasteiger charge is 2.22. The van der Waals surface area contributed by atoms with Gasteiger partial charge in [-0.1, -0.05) is 17.7 Å². The number of anilines is 1. The lowest BCUT2D eigenvalue weighted by Crippen LogP contribution is -2.48. The summed E-state index contributed by atoms with van der Waals surface area (Å²) in [4.78, 5) is 16.3. The van der Waals surface area contributed by atoms with Crippen LogP contribution in [-0.2, 0) is 9.53 Å². The van der Waals surface area contributed by atoms with E-state index >= 15 is 0 Å². The predicted molar refractivity (Wildman–Crippen MR) is 79.8 cm³/mol. The second-order valence-corrected chi connectivity index (χ2v) is 5.08. The number of rotatable bonds is 3. The lowest BCUT2D eigenvalue weighted by molar-refractivity contribution is -0.120. The molecule has 1 aromatic heterocycles. The molecule has 110 valence electrons. The van der Waals surface area contributed by atoms with Crippen molar-refractivity contribution in [1.82, 2.24) is 14.9 Å². The molecule has 1 aliphatic heterocycles. The highest BCUT2D eigenvalue weighted by Crippen LogP contribution is 2.28. The van der Waals surface area contributed by atoms with Crippen LogP contribution >= 0.6 is 11.6 Å². The molecule has 2 heterocycles. The number of carbonyl (C=O) groups excluding carboxylic acids is 1. The van der Waals surface area contributed by atoms with Crippen molar-refractivity contribution in [3.63, 3.8) is 0 Å². The van der Waals surface area contributed by atoms with Crippen molar-refractivity contribution in [3.8, 4) is 5.69 Å². The lowest BCUT2D eigenvalue weighted by atomic mass is 10.2. The van der Waals surface area contributed by atoms with E-state index in [0.717, 1.165) is 0 Å². The van der Waals surface area contributed by atoms with E-state index in [4.69, 9.17) is 16.3 Å². The molecule has 6 nitrogen and oxygen atoms in total. The Balaban J connectivity index is 1.85. The Morgan fingerprint density at radius 1 is 1.52 bits per heavy atom. The Hall–Kier alpha value is -1.89. The van der Waals surface area contributed by atoms with Crippen LogP contribution in [0.15, 0.2) is 36.9 Å². The molecule has 0 saturated carbocycles. The first-order valence-corrected chi connectivity index (χ1v) is 7.02. The minimum Gasteiger partial charge on any atom is -0.378 e. The number of hydrogen-bond donors (Lipinski definition) is 2. The number of para-hydroxylation sites is 1. The van der Waals surface area contributed by atoms with Crippen molar-refractivity contribution in [2.45, 2.75) is 6.04 Å². The van der Waals surface area contributed by atoms with Gasteiger partial charge in [0.1, 0.15) is 6.04 Å². The second-order valence-electron chi connectivity index (χ2n) is 4.68. The summed E-state index contributed by atoms with van der Waals surface area (Å²) in [5.41, 5.74) is 1.33. The van der Waals surface area contributed by atoms with Gasteiger partial charge < -0.3 is 19.9 Å². The van der Waals surface area contributed by atoms with E-state index in [1.165, 1.54) is 0 Å². The molecule has 0 aliphatic carbocycles. The number of benzene rings is 1. The number of nitrogens with zero attached hydrogens (tertiary/aromatic N) is 2. The van der Waals surface area contributed by atoms with Crippen LogP contribution in [0.4, 0.5) is 5.69 Å². The molecule has 7 heteroatoms. The predicted octanol–water partition coefficient (Wildman–Crippen LogP) is 1.45. The van der Waals surface area contributed by atoms with Gasteiger partial charge in [-0.05, 0) is 12.1 Å². The first kappa shape index (κ1) is 14.1. The summed E-state index contributed by atoms with van der Waals surface area (Å²) >= 11 is 6.25. The van der Waals surface area contributed by atoms with Crippen molar-refractivity contribution in [2.75, 3.05) is 25.1 Å². The third-order valence-electron chi connectivity index (χ3n) is 3.25. The van der Waals surface area contributed by atoms with Gasteiger partial charge in [0, 0.05) is 18.9 Å². The van der Waals surface area contributed by atoms with Crippen LogP contribution in [0.5, 0.6) is 0 Å². The fourth-order valence-corrected chi connectivity index (χ4v) is 2.50. The molecular weight excluding hydrogens is 292 g/mol. The Morgan fingerprint density at radius 2 is 2.43 bits per heavy atom. The SMILES string of the molecule is O=C(Nc1cccc(Cl)c1-n1ccnc1)C1COCCN1. The van der Waals surface area contributed by atoms with Crippen molar-refractivity contribution in [3.05, 3.63) is 41.9 Å². The van der Waals surface area contributed by atoms with Gasteiger partial charge in [-0.2, -0.15) is 0 Å². The van der Waals surface area contributed by atoms with Gasteiger partial charge >= 0.3 is 0 Å². The van der Waals surface area contributed by atoms with E-state index in [1.54, 1.807) is 35.4 Å². The van der Waals surface area contributed by atoms with Gasteiger partial charge in [-0.15, -0.1) is 0 Å². The van der Waals surface area contributed by atoms with E-state index in [0.29, 0.717) is 36.2 Å². The number of imidazole rings is 1. The van der Waals surface area contributed by atoms with Gasteiger partial charge in [0.25, 0.3) is 0 Å². The van der Waals surface area contributed by atoms with E-state index in [9.17, 15) is 4.79 Å². The zero-order valence-corrected chi connectivity index (χ0v) is 12.0. The smallest absolute Gasteiger partial charge is 0.243 e. The van der Waals surface area contributed by atoms with Crippen LogP contribution in [0.25, 0.3) is 5.69 Å². The molecule has 1 aromatic carbocycles. The number of aromatic nitrogens is 2. The van der Waals surface area contributed by atoms with Gasteiger partial charge in [-0.25, -0.2) is 4.98 Å². The van der Waals surface area contributed by atoms with E-state index < -0.39 is 0 Å². The average Bonchev–Trinajstić information content (AvgIpc) is 3.02. The first-order chi connectivity index (χ1) is 10.3. The van der Waals surface area contributed by atoms with Crippen LogP contribution in [0.3, 0.4) is 0 Å². The molecule has 1 fully saturated rings. The van der Waals surface area contributed by atoms with Crippen LogP contribution in [0.1, 0.15) is 0 Å². The maximum Gasteiger partial charge on any atom is 0.243 e. The lowest BCUT2D eigenvalue weighted by Gasteiger charge is -2.23. The molecule has 1 saturated heterocycles. The number of carbonyl (C=O) groups is 1. The number of amides is 1. The summed E-state index contributed by atoms with van der Waals surface area (Å²) in [5, 5.41) is 6.55. The Labute approximate surface area is 127 Å². The monoisotopic (exact) mass is 306 g/mol. The second kappa shape index (κ2) is 6.26. The average molecular weight is 307 g/mol. The van der Waals surface area contributed by atoms with Crippen molar-refractivity contribution < 1.29 is 9.53 Å². The van der Waals surface area contributed by atoms with Gasteiger partial charge in [-0.3, -0.25) is 4.79 Å². The molecule has 0 bridgehead atoms. The standard InChI is InChI=1S/C14H15ClN4O2/c15-10-2-1-3-11(13(10)19-6-4-16-9-19)18-14(20)12-8-21-7-5-17-12/h1-4,6,9,12,17H,5,7-8H2,(H,18,20). The number of halogens is 1. The molecule has 21 heavy (non-hydrogen) atoms. The molecule has 0 spiro atoms. The summed E-state index contributed by atoms with van der Waals surface area (Å²) < 4.78 is 7.07. The molecule has 1 aliphatic rings. The largest absolute Gasteiger partial charge is 0.378 e. The number of hydrogen-bond acceptors (Lipinski definition) is 4. The molecule has 3 rings (SSSR count). The first-order valence-electron chi connectivity index (χ1n) is 6.64.